The topological polar surface area (TPSA) is 91.7 Å². The zero-order chi connectivity index (χ0) is 15.0. The maximum atomic E-state index is 11.5. The van der Waals surface area contributed by atoms with Crippen LogP contribution in [0.2, 0.25) is 0 Å². The number of nitrogens with zero attached hydrogens (tertiary/aromatic N) is 1. The average Bonchev–Trinajstić information content (AvgIpc) is 2.82. The first-order chi connectivity index (χ1) is 10.0. The summed E-state index contributed by atoms with van der Waals surface area (Å²) in [5.41, 5.74) is -0.999. The minimum atomic E-state index is -0.999. The highest BCUT2D eigenvalue weighted by atomic mass is 16.5. The van der Waals surface area contributed by atoms with Gasteiger partial charge in [0.2, 0.25) is 0 Å². The van der Waals surface area contributed by atoms with Crippen LogP contribution in [0.25, 0.3) is 10.8 Å². The summed E-state index contributed by atoms with van der Waals surface area (Å²) in [4.78, 5) is 15.7. The summed E-state index contributed by atoms with van der Waals surface area (Å²) in [5, 5.41) is 23.9. The van der Waals surface area contributed by atoms with Gasteiger partial charge >= 0.3 is 5.97 Å². The molecule has 1 aliphatic heterocycles. The molecule has 1 saturated heterocycles. The van der Waals surface area contributed by atoms with E-state index in [1.165, 1.54) is 0 Å². The minimum Gasteiger partial charge on any atom is -0.508 e. The lowest BCUT2D eigenvalue weighted by atomic mass is 9.85. The van der Waals surface area contributed by atoms with Crippen molar-refractivity contribution in [1.82, 2.24) is 4.98 Å². The molecule has 1 aliphatic rings. The number of aliphatic carboxylic acids is 1. The van der Waals surface area contributed by atoms with Crippen LogP contribution in [-0.2, 0) is 9.53 Å². The van der Waals surface area contributed by atoms with Crippen molar-refractivity contribution in [3.05, 3.63) is 30.5 Å². The number of carbonyl (C=O) groups is 1. The summed E-state index contributed by atoms with van der Waals surface area (Å²) in [7, 11) is 0. The molecular weight excluding hydrogens is 272 g/mol. The lowest BCUT2D eigenvalue weighted by Gasteiger charge is -2.26. The molecule has 2 atom stereocenters. The number of carboxylic acids is 1. The number of hydrogen-bond donors (Lipinski definition) is 3. The van der Waals surface area contributed by atoms with Crippen molar-refractivity contribution < 1.29 is 19.7 Å². The van der Waals surface area contributed by atoms with Gasteiger partial charge in [-0.25, -0.2) is 4.98 Å². The summed E-state index contributed by atoms with van der Waals surface area (Å²) in [6.45, 7) is 2.12. The molecule has 1 fully saturated rings. The van der Waals surface area contributed by atoms with Gasteiger partial charge in [0.15, 0.2) is 0 Å². The molecular formula is C15H16N2O4. The van der Waals surface area contributed by atoms with Crippen molar-refractivity contribution in [2.24, 2.45) is 5.41 Å². The fourth-order valence-electron chi connectivity index (χ4n) is 2.52. The molecule has 2 heterocycles. The fraction of sp³-hybridized carbons (Fsp3) is 0.333. The van der Waals surface area contributed by atoms with Crippen LogP contribution in [0.15, 0.2) is 30.5 Å². The molecule has 2 unspecified atom stereocenters. The van der Waals surface area contributed by atoms with E-state index in [9.17, 15) is 15.0 Å². The molecule has 1 aromatic heterocycles. The van der Waals surface area contributed by atoms with Gasteiger partial charge in [0.1, 0.15) is 17.0 Å². The molecule has 3 rings (SSSR count). The number of rotatable bonds is 3. The van der Waals surface area contributed by atoms with Crippen molar-refractivity contribution in [2.45, 2.75) is 13.0 Å². The van der Waals surface area contributed by atoms with Gasteiger partial charge in [-0.15, -0.1) is 0 Å². The van der Waals surface area contributed by atoms with Crippen LogP contribution in [0, 0.1) is 5.41 Å². The van der Waals surface area contributed by atoms with Gasteiger partial charge in [-0.05, 0) is 30.5 Å². The normalized spacial score (nSPS) is 25.1. The van der Waals surface area contributed by atoms with Gasteiger partial charge in [0.25, 0.3) is 0 Å². The number of aromatic nitrogens is 1. The van der Waals surface area contributed by atoms with Crippen molar-refractivity contribution >= 4 is 22.6 Å². The van der Waals surface area contributed by atoms with Gasteiger partial charge in [0.05, 0.1) is 19.3 Å². The van der Waals surface area contributed by atoms with Crippen LogP contribution in [0.4, 0.5) is 5.82 Å². The summed E-state index contributed by atoms with van der Waals surface area (Å²) in [6.07, 6.45) is 1.65. The number of ether oxygens (including phenoxy) is 1. The molecule has 0 amide bonds. The third-order valence-electron chi connectivity index (χ3n) is 4.00. The fourth-order valence-corrected chi connectivity index (χ4v) is 2.52. The Balaban J connectivity index is 1.98. The number of benzene rings is 1. The zero-order valence-corrected chi connectivity index (χ0v) is 11.5. The number of anilines is 1. The third-order valence-corrected chi connectivity index (χ3v) is 4.00. The van der Waals surface area contributed by atoms with E-state index in [1.54, 1.807) is 31.3 Å². The number of carboxylic acid groups (broad SMARTS) is 1. The molecule has 3 N–H and O–H groups in total. The monoisotopic (exact) mass is 288 g/mol. The number of pyridine rings is 1. The molecule has 110 valence electrons. The smallest absolute Gasteiger partial charge is 0.313 e. The SMILES string of the molecule is CC1(C(=O)O)COCC1Nc1nccc2ccc(O)cc12. The maximum absolute atomic E-state index is 11.5. The minimum absolute atomic E-state index is 0.141. The van der Waals surface area contributed by atoms with Crippen molar-refractivity contribution in [3.63, 3.8) is 0 Å². The first-order valence-corrected chi connectivity index (χ1v) is 6.66. The van der Waals surface area contributed by atoms with Gasteiger partial charge in [-0.3, -0.25) is 4.79 Å². The van der Waals surface area contributed by atoms with E-state index in [1.807, 2.05) is 6.07 Å². The summed E-state index contributed by atoms with van der Waals surface area (Å²) in [5.74, 6) is -0.214. The molecule has 1 aromatic carbocycles. The second-order valence-electron chi connectivity index (χ2n) is 5.50. The first kappa shape index (κ1) is 13.6. The third kappa shape index (κ3) is 2.27. The Morgan fingerprint density at radius 1 is 1.48 bits per heavy atom. The Bertz CT molecular complexity index is 703. The standard InChI is InChI=1S/C15H16N2O4/c1-15(14(19)20)8-21-7-12(15)17-13-11-6-10(18)3-2-9(11)4-5-16-13/h2-6,12,18H,7-8H2,1H3,(H,16,17)(H,19,20). The van der Waals surface area contributed by atoms with Gasteiger partial charge in [0, 0.05) is 11.6 Å². The number of aromatic hydroxyl groups is 1. The van der Waals surface area contributed by atoms with Crippen LogP contribution in [0.1, 0.15) is 6.92 Å². The Morgan fingerprint density at radius 3 is 3.05 bits per heavy atom. The Hall–Kier alpha value is -2.34. The Labute approximate surface area is 121 Å². The molecule has 0 radical (unpaired) electrons. The number of phenols is 1. The van der Waals surface area contributed by atoms with E-state index < -0.39 is 11.4 Å². The zero-order valence-electron chi connectivity index (χ0n) is 11.5. The highest BCUT2D eigenvalue weighted by Gasteiger charge is 2.46. The Kier molecular flexibility index (Phi) is 3.17. The number of hydrogen-bond acceptors (Lipinski definition) is 5. The average molecular weight is 288 g/mol. The van der Waals surface area contributed by atoms with Gasteiger partial charge < -0.3 is 20.3 Å². The molecule has 0 saturated carbocycles. The lowest BCUT2D eigenvalue weighted by molar-refractivity contribution is -0.148. The quantitative estimate of drug-likeness (QED) is 0.798. The number of fused-ring (bicyclic) bond motifs is 1. The molecule has 6 nitrogen and oxygen atoms in total. The molecule has 0 aliphatic carbocycles. The second-order valence-corrected chi connectivity index (χ2v) is 5.50. The van der Waals surface area contributed by atoms with Gasteiger partial charge in [-0.1, -0.05) is 6.07 Å². The van der Waals surface area contributed by atoms with E-state index in [2.05, 4.69) is 10.3 Å². The Morgan fingerprint density at radius 2 is 2.29 bits per heavy atom. The van der Waals surface area contributed by atoms with Crippen LogP contribution >= 0.6 is 0 Å². The first-order valence-electron chi connectivity index (χ1n) is 6.66. The number of phenolic OH excluding ortho intramolecular Hbond substituents is 1. The number of nitrogens with one attached hydrogen (secondary N) is 1. The largest absolute Gasteiger partial charge is 0.508 e. The van der Waals surface area contributed by atoms with Crippen LogP contribution in [0.3, 0.4) is 0 Å². The predicted octanol–water partition coefficient (Wildman–Crippen LogP) is 1.84. The van der Waals surface area contributed by atoms with Crippen molar-refractivity contribution in [3.8, 4) is 5.75 Å². The van der Waals surface area contributed by atoms with E-state index >= 15 is 0 Å². The molecule has 0 bridgehead atoms. The summed E-state index contributed by atoms with van der Waals surface area (Å²) in [6, 6.07) is 6.46. The second kappa shape index (κ2) is 4.89. The lowest BCUT2D eigenvalue weighted by Crippen LogP contribution is -2.43. The predicted molar refractivity (Wildman–Crippen MR) is 77.4 cm³/mol. The summed E-state index contributed by atoms with van der Waals surface area (Å²) >= 11 is 0. The van der Waals surface area contributed by atoms with Crippen molar-refractivity contribution in [2.75, 3.05) is 18.5 Å². The highest BCUT2D eigenvalue weighted by Crippen LogP contribution is 2.33. The van der Waals surface area contributed by atoms with Crippen LogP contribution < -0.4 is 5.32 Å². The van der Waals surface area contributed by atoms with E-state index in [0.29, 0.717) is 12.4 Å². The maximum Gasteiger partial charge on any atom is 0.313 e. The van der Waals surface area contributed by atoms with E-state index in [0.717, 1.165) is 10.8 Å². The van der Waals surface area contributed by atoms with Crippen molar-refractivity contribution in [1.29, 1.82) is 0 Å². The van der Waals surface area contributed by atoms with Gasteiger partial charge in [-0.2, -0.15) is 0 Å². The summed E-state index contributed by atoms with van der Waals surface area (Å²) < 4.78 is 5.32. The molecule has 21 heavy (non-hydrogen) atoms. The van der Waals surface area contributed by atoms with E-state index in [4.69, 9.17) is 4.74 Å². The van der Waals surface area contributed by atoms with E-state index in [-0.39, 0.29) is 18.4 Å². The van der Waals surface area contributed by atoms with Crippen LogP contribution in [0.5, 0.6) is 5.75 Å². The molecule has 6 heteroatoms. The molecule has 0 spiro atoms. The highest BCUT2D eigenvalue weighted by molar-refractivity contribution is 5.93. The molecule has 2 aromatic rings. The van der Waals surface area contributed by atoms with Crippen LogP contribution in [-0.4, -0.2) is 40.4 Å².